The molecule has 29 heavy (non-hydrogen) atoms. The van der Waals surface area contributed by atoms with E-state index in [1.54, 1.807) is 0 Å². The van der Waals surface area contributed by atoms with E-state index in [1.807, 2.05) is 0 Å². The maximum Gasteiger partial charge on any atom is 0.450 e. The lowest BCUT2D eigenvalue weighted by atomic mass is 9.84. The topological polar surface area (TPSA) is 104 Å². The van der Waals surface area contributed by atoms with Gasteiger partial charge in [0.2, 0.25) is 0 Å². The Labute approximate surface area is 163 Å². The molecule has 14 heteroatoms. The Bertz CT molecular complexity index is 942. The van der Waals surface area contributed by atoms with E-state index in [-0.39, 0.29) is 5.92 Å². The van der Waals surface area contributed by atoms with Crippen LogP contribution in [0.4, 0.5) is 26.3 Å². The van der Waals surface area contributed by atoms with E-state index in [1.165, 1.54) is 12.1 Å². The van der Waals surface area contributed by atoms with E-state index >= 15 is 0 Å². The third-order valence-corrected chi connectivity index (χ3v) is 6.83. The molecule has 2 N–H and O–H groups in total. The minimum atomic E-state index is -6.91. The van der Waals surface area contributed by atoms with Crippen LogP contribution in [0.2, 0.25) is 0 Å². The van der Waals surface area contributed by atoms with Crippen molar-refractivity contribution in [1.29, 1.82) is 0 Å². The minimum Gasteiger partial charge on any atom is -0.378 e. The van der Waals surface area contributed by atoms with Gasteiger partial charge in [-0.3, -0.25) is 0 Å². The monoisotopic (exact) mass is 469 g/mol. The highest BCUT2D eigenvalue weighted by molar-refractivity contribution is 7.90. The molecule has 6 nitrogen and oxygen atoms in total. The lowest BCUT2D eigenvalue weighted by Gasteiger charge is -2.30. The first kappa shape index (κ1) is 23.7. The summed E-state index contributed by atoms with van der Waals surface area (Å²) in [6, 6.07) is 4.51. The molecular formula is C15H17F6NO5S2. The van der Waals surface area contributed by atoms with E-state index in [2.05, 4.69) is 9.32 Å². The number of sulfonamides is 1. The number of hydrogen-bond donors (Lipinski definition) is 1. The second kappa shape index (κ2) is 7.61. The van der Waals surface area contributed by atoms with Crippen molar-refractivity contribution in [1.82, 2.24) is 0 Å². The van der Waals surface area contributed by atoms with Crippen LogP contribution in [0.25, 0.3) is 0 Å². The largest absolute Gasteiger partial charge is 0.450 e. The predicted octanol–water partition coefficient (Wildman–Crippen LogP) is 3.55. The third-order valence-electron chi connectivity index (χ3n) is 4.56. The average Bonchev–Trinajstić information content (AvgIpc) is 2.61. The van der Waals surface area contributed by atoms with Crippen LogP contribution in [0.15, 0.2) is 24.3 Å². The van der Waals surface area contributed by atoms with Crippen molar-refractivity contribution in [3.63, 3.8) is 0 Å². The number of hydrogen-bond acceptors (Lipinski definition) is 5. The van der Waals surface area contributed by atoms with Crippen molar-refractivity contribution in [2.45, 2.75) is 54.5 Å². The Balaban J connectivity index is 2.29. The first-order valence-corrected chi connectivity index (χ1v) is 11.2. The zero-order valence-electron chi connectivity index (χ0n) is 14.6. The predicted molar refractivity (Wildman–Crippen MR) is 89.8 cm³/mol. The average molecular weight is 469 g/mol. The minimum absolute atomic E-state index is 0.147. The van der Waals surface area contributed by atoms with Gasteiger partial charge in [-0.05, 0) is 36.5 Å². The molecule has 1 fully saturated rings. The molecule has 1 saturated carbocycles. The van der Waals surface area contributed by atoms with Crippen molar-refractivity contribution < 1.29 is 47.4 Å². The molecule has 2 rings (SSSR count). The fraction of sp³-hybridized carbons (Fsp3) is 0.600. The molecule has 0 unspecified atom stereocenters. The quantitative estimate of drug-likeness (QED) is 0.486. The van der Waals surface area contributed by atoms with Crippen LogP contribution in [-0.2, 0) is 20.1 Å². The maximum absolute atomic E-state index is 13.8. The SMILES string of the molecule is NS(=O)(=O)C(F)(F)C(F)(F)C(F)(F)S(=O)(=O)Oc1ccc(C2CCCCC2)cc1. The summed E-state index contributed by atoms with van der Waals surface area (Å²) >= 11 is 0. The molecule has 0 aliphatic heterocycles. The van der Waals surface area contributed by atoms with E-state index in [0.717, 1.165) is 49.8 Å². The second-order valence-electron chi connectivity index (χ2n) is 6.59. The highest BCUT2D eigenvalue weighted by Crippen LogP contribution is 2.50. The fourth-order valence-electron chi connectivity index (χ4n) is 2.92. The summed E-state index contributed by atoms with van der Waals surface area (Å²) in [5, 5.41) is -9.34. The molecular weight excluding hydrogens is 452 g/mol. The lowest BCUT2D eigenvalue weighted by Crippen LogP contribution is -2.62. The van der Waals surface area contributed by atoms with Crippen molar-refractivity contribution in [3.05, 3.63) is 29.8 Å². The summed E-state index contributed by atoms with van der Waals surface area (Å²) in [7, 11) is -13.3. The van der Waals surface area contributed by atoms with Crippen molar-refractivity contribution >= 4 is 20.1 Å². The van der Waals surface area contributed by atoms with Gasteiger partial charge in [0.1, 0.15) is 5.75 Å². The summed E-state index contributed by atoms with van der Waals surface area (Å²) in [6.07, 6.45) is 4.70. The number of alkyl halides is 6. The molecule has 1 aromatic rings. The smallest absolute Gasteiger partial charge is 0.378 e. The van der Waals surface area contributed by atoms with Gasteiger partial charge in [-0.25, -0.2) is 13.6 Å². The molecule has 0 aromatic heterocycles. The standard InChI is InChI=1S/C15H17F6NO5S2/c16-13(17,14(18,19)28(22,23)24)15(20,21)29(25,26)27-12-8-6-11(7-9-12)10-4-2-1-3-5-10/h6-10H,1-5H2,(H2,22,23,24). The summed E-state index contributed by atoms with van der Waals surface area (Å²) in [6.45, 7) is 0. The van der Waals surface area contributed by atoms with Gasteiger partial charge in [0.25, 0.3) is 10.0 Å². The van der Waals surface area contributed by atoms with Crippen LogP contribution >= 0.6 is 0 Å². The highest BCUT2D eigenvalue weighted by Gasteiger charge is 2.82. The van der Waals surface area contributed by atoms with E-state index in [9.17, 15) is 43.2 Å². The molecule has 0 atom stereocenters. The zero-order chi connectivity index (χ0) is 22.3. The van der Waals surface area contributed by atoms with E-state index in [0.29, 0.717) is 0 Å². The Hall–Kier alpha value is -1.54. The fourth-order valence-corrected chi connectivity index (χ4v) is 4.38. The van der Waals surface area contributed by atoms with Crippen LogP contribution < -0.4 is 9.32 Å². The third kappa shape index (κ3) is 4.19. The molecule has 1 aromatic carbocycles. The van der Waals surface area contributed by atoms with Crippen molar-refractivity contribution in [2.24, 2.45) is 5.14 Å². The summed E-state index contributed by atoms with van der Waals surface area (Å²) in [5.41, 5.74) is 0.743. The van der Waals surface area contributed by atoms with E-state index in [4.69, 9.17) is 0 Å². The van der Waals surface area contributed by atoms with Gasteiger partial charge in [-0.15, -0.1) is 0 Å². The molecule has 0 saturated heterocycles. The zero-order valence-corrected chi connectivity index (χ0v) is 16.3. The molecule has 0 radical (unpaired) electrons. The van der Waals surface area contributed by atoms with Gasteiger partial charge in [0.15, 0.2) is 0 Å². The molecule has 0 bridgehead atoms. The van der Waals surface area contributed by atoms with Gasteiger partial charge in [-0.1, -0.05) is 31.4 Å². The maximum atomic E-state index is 13.8. The second-order valence-corrected chi connectivity index (χ2v) is 9.78. The number of rotatable bonds is 7. The van der Waals surface area contributed by atoms with Crippen LogP contribution in [0.1, 0.15) is 43.6 Å². The Kier molecular flexibility index (Phi) is 6.23. The number of nitrogens with two attached hydrogens (primary N) is 1. The van der Waals surface area contributed by atoms with Crippen LogP contribution in [-0.4, -0.2) is 33.3 Å². The molecule has 0 amide bonds. The Morgan fingerprint density at radius 2 is 1.31 bits per heavy atom. The van der Waals surface area contributed by atoms with Crippen LogP contribution in [0.5, 0.6) is 5.75 Å². The highest BCUT2D eigenvalue weighted by atomic mass is 32.2. The van der Waals surface area contributed by atoms with Crippen molar-refractivity contribution in [2.75, 3.05) is 0 Å². The number of halogens is 6. The lowest BCUT2D eigenvalue weighted by molar-refractivity contribution is -0.245. The summed E-state index contributed by atoms with van der Waals surface area (Å²) in [5.74, 6) is -7.60. The summed E-state index contributed by atoms with van der Waals surface area (Å²) in [4.78, 5) is 0. The van der Waals surface area contributed by atoms with Gasteiger partial charge >= 0.3 is 26.5 Å². The number of primary sulfonamides is 1. The molecule has 0 heterocycles. The van der Waals surface area contributed by atoms with Gasteiger partial charge in [0, 0.05) is 0 Å². The van der Waals surface area contributed by atoms with Crippen LogP contribution in [0, 0.1) is 0 Å². The molecule has 0 spiro atoms. The van der Waals surface area contributed by atoms with Gasteiger partial charge in [0.05, 0.1) is 0 Å². The van der Waals surface area contributed by atoms with Crippen LogP contribution in [0.3, 0.4) is 0 Å². The summed E-state index contributed by atoms with van der Waals surface area (Å²) < 4.78 is 130. The molecule has 1 aliphatic carbocycles. The molecule has 166 valence electrons. The Morgan fingerprint density at radius 3 is 1.76 bits per heavy atom. The van der Waals surface area contributed by atoms with Gasteiger partial charge in [-0.2, -0.15) is 34.8 Å². The molecule has 1 aliphatic rings. The van der Waals surface area contributed by atoms with Crippen molar-refractivity contribution in [3.8, 4) is 5.75 Å². The van der Waals surface area contributed by atoms with Gasteiger partial charge < -0.3 is 4.18 Å². The number of benzene rings is 1. The van der Waals surface area contributed by atoms with E-state index < -0.39 is 42.3 Å². The first-order chi connectivity index (χ1) is 13.0. The first-order valence-electron chi connectivity index (χ1n) is 8.24. The Morgan fingerprint density at radius 1 is 0.828 bits per heavy atom. The normalized spacial score (nSPS) is 17.9.